The number of anilines is 1. The number of ether oxygens (including phenoxy) is 1. The van der Waals surface area contributed by atoms with Gasteiger partial charge in [0.15, 0.2) is 0 Å². The standard InChI is InChI=1S/C18H28F2N2O3/c1-15(2,3)25-14(23)22-13-9-11(16(4,5)21)8-12(10-13)18(19,20)17(6,7)24/h8-10,24H,21H2,1-7H3,(H,22,23). The minimum atomic E-state index is -3.54. The zero-order valence-corrected chi connectivity index (χ0v) is 15.8. The van der Waals surface area contributed by atoms with Crippen LogP contribution in [-0.2, 0) is 16.2 Å². The molecule has 0 radical (unpaired) electrons. The highest BCUT2D eigenvalue weighted by Crippen LogP contribution is 2.41. The normalized spacial score (nSPS) is 13.6. The third-order valence-corrected chi connectivity index (χ3v) is 3.45. The lowest BCUT2D eigenvalue weighted by atomic mass is 9.87. The SMILES string of the molecule is CC(C)(C)OC(=O)Nc1cc(C(C)(C)N)cc(C(F)(F)C(C)(C)O)c1. The molecule has 142 valence electrons. The number of hydrogen-bond acceptors (Lipinski definition) is 4. The van der Waals surface area contributed by atoms with E-state index >= 15 is 0 Å². The molecule has 1 aromatic carbocycles. The van der Waals surface area contributed by atoms with E-state index in [1.165, 1.54) is 12.1 Å². The van der Waals surface area contributed by atoms with Crippen LogP contribution < -0.4 is 11.1 Å². The second-order valence-electron chi connectivity index (χ2n) is 8.28. The van der Waals surface area contributed by atoms with Gasteiger partial charge in [-0.05, 0) is 72.2 Å². The molecule has 0 atom stereocenters. The highest BCUT2D eigenvalue weighted by molar-refractivity contribution is 5.85. The molecule has 0 bridgehead atoms. The molecule has 5 nitrogen and oxygen atoms in total. The fourth-order valence-electron chi connectivity index (χ4n) is 2.03. The van der Waals surface area contributed by atoms with Crippen LogP contribution in [0.15, 0.2) is 18.2 Å². The molecule has 0 aliphatic heterocycles. The van der Waals surface area contributed by atoms with Crippen LogP contribution in [0.4, 0.5) is 19.3 Å². The van der Waals surface area contributed by atoms with Crippen molar-refractivity contribution < 1.29 is 23.4 Å². The predicted octanol–water partition coefficient (Wildman–Crippen LogP) is 4.09. The number of hydrogen-bond donors (Lipinski definition) is 3. The number of amides is 1. The molecule has 0 heterocycles. The van der Waals surface area contributed by atoms with Gasteiger partial charge in [0, 0.05) is 16.8 Å². The first kappa shape index (κ1) is 21.3. The molecule has 0 fully saturated rings. The Balaban J connectivity index is 3.36. The average Bonchev–Trinajstić information content (AvgIpc) is 2.33. The molecular formula is C18H28F2N2O3. The van der Waals surface area contributed by atoms with Crippen LogP contribution in [0.25, 0.3) is 0 Å². The summed E-state index contributed by atoms with van der Waals surface area (Å²) in [7, 11) is 0. The molecule has 0 unspecified atom stereocenters. The summed E-state index contributed by atoms with van der Waals surface area (Å²) in [5, 5.41) is 12.3. The molecule has 0 saturated heterocycles. The van der Waals surface area contributed by atoms with Gasteiger partial charge in [-0.25, -0.2) is 4.79 Å². The Morgan fingerprint density at radius 2 is 1.52 bits per heavy atom. The summed E-state index contributed by atoms with van der Waals surface area (Å²) in [6, 6.07) is 3.85. The van der Waals surface area contributed by atoms with E-state index in [0.29, 0.717) is 5.56 Å². The number of halogens is 2. The minimum Gasteiger partial charge on any atom is -0.444 e. The number of rotatable bonds is 4. The topological polar surface area (TPSA) is 84.6 Å². The lowest BCUT2D eigenvalue weighted by molar-refractivity contribution is -0.168. The summed E-state index contributed by atoms with van der Waals surface area (Å²) < 4.78 is 34.3. The number of carbonyl (C=O) groups excluding carboxylic acids is 1. The minimum absolute atomic E-state index is 0.115. The zero-order chi connectivity index (χ0) is 19.8. The molecule has 0 aliphatic rings. The summed E-state index contributed by atoms with van der Waals surface area (Å²) in [6.45, 7) is 10.4. The number of nitrogens with two attached hydrogens (primary N) is 1. The van der Waals surface area contributed by atoms with E-state index in [4.69, 9.17) is 10.5 Å². The first-order chi connectivity index (χ1) is 10.9. The van der Waals surface area contributed by atoms with Crippen molar-refractivity contribution in [3.8, 4) is 0 Å². The molecule has 25 heavy (non-hydrogen) atoms. The summed E-state index contributed by atoms with van der Waals surface area (Å²) in [4.78, 5) is 11.9. The molecule has 0 saturated carbocycles. The zero-order valence-electron chi connectivity index (χ0n) is 15.8. The Labute approximate surface area is 147 Å². The van der Waals surface area contributed by atoms with E-state index in [-0.39, 0.29) is 5.69 Å². The van der Waals surface area contributed by atoms with Crippen molar-refractivity contribution in [3.05, 3.63) is 29.3 Å². The fraction of sp³-hybridized carbons (Fsp3) is 0.611. The Bertz CT molecular complexity index is 639. The van der Waals surface area contributed by atoms with E-state index < -0.39 is 34.3 Å². The summed E-state index contributed by atoms with van der Waals surface area (Å²) in [5.41, 5.74) is 2.16. The smallest absolute Gasteiger partial charge is 0.412 e. The van der Waals surface area contributed by atoms with E-state index in [9.17, 15) is 18.7 Å². The van der Waals surface area contributed by atoms with Crippen LogP contribution in [0.1, 0.15) is 59.6 Å². The first-order valence-electron chi connectivity index (χ1n) is 7.98. The molecule has 1 aromatic rings. The second-order valence-corrected chi connectivity index (χ2v) is 8.28. The van der Waals surface area contributed by atoms with Crippen molar-refractivity contribution in [1.82, 2.24) is 0 Å². The quantitative estimate of drug-likeness (QED) is 0.757. The maximum absolute atomic E-state index is 14.6. The Hall–Kier alpha value is -1.73. The van der Waals surface area contributed by atoms with Crippen molar-refractivity contribution in [2.24, 2.45) is 5.73 Å². The van der Waals surface area contributed by atoms with E-state index in [1.54, 1.807) is 34.6 Å². The molecule has 7 heteroatoms. The Kier molecular flexibility index (Phi) is 5.57. The lowest BCUT2D eigenvalue weighted by Gasteiger charge is -2.31. The summed E-state index contributed by atoms with van der Waals surface area (Å²) >= 11 is 0. The van der Waals surface area contributed by atoms with Gasteiger partial charge in [-0.2, -0.15) is 8.78 Å². The van der Waals surface area contributed by atoms with Crippen molar-refractivity contribution in [1.29, 1.82) is 0 Å². The van der Waals surface area contributed by atoms with Gasteiger partial charge in [-0.15, -0.1) is 0 Å². The molecule has 0 spiro atoms. The van der Waals surface area contributed by atoms with Crippen molar-refractivity contribution in [2.75, 3.05) is 5.32 Å². The van der Waals surface area contributed by atoms with Crippen LogP contribution in [-0.4, -0.2) is 22.4 Å². The molecule has 0 aromatic heterocycles. The Morgan fingerprint density at radius 3 is 1.92 bits per heavy atom. The second kappa shape index (κ2) is 6.53. The average molecular weight is 358 g/mol. The van der Waals surface area contributed by atoms with Crippen molar-refractivity contribution in [3.63, 3.8) is 0 Å². The number of alkyl halides is 2. The van der Waals surface area contributed by atoms with Crippen molar-refractivity contribution in [2.45, 2.75) is 71.1 Å². The van der Waals surface area contributed by atoms with Gasteiger partial charge in [-0.1, -0.05) is 0 Å². The van der Waals surface area contributed by atoms with Crippen LogP contribution >= 0.6 is 0 Å². The van der Waals surface area contributed by atoms with Gasteiger partial charge in [0.25, 0.3) is 0 Å². The Morgan fingerprint density at radius 1 is 1.04 bits per heavy atom. The number of nitrogens with one attached hydrogen (secondary N) is 1. The van der Waals surface area contributed by atoms with E-state index in [2.05, 4.69) is 5.32 Å². The highest BCUT2D eigenvalue weighted by Gasteiger charge is 2.47. The molecule has 1 amide bonds. The van der Waals surface area contributed by atoms with Gasteiger partial charge in [-0.3, -0.25) is 5.32 Å². The van der Waals surface area contributed by atoms with E-state index in [0.717, 1.165) is 19.9 Å². The first-order valence-corrected chi connectivity index (χ1v) is 7.98. The third kappa shape index (κ3) is 5.64. The third-order valence-electron chi connectivity index (χ3n) is 3.45. The van der Waals surface area contributed by atoms with Gasteiger partial charge < -0.3 is 15.6 Å². The number of aliphatic hydroxyl groups is 1. The summed E-state index contributed by atoms with van der Waals surface area (Å²) in [5.74, 6) is -3.54. The fourth-order valence-corrected chi connectivity index (χ4v) is 2.03. The van der Waals surface area contributed by atoms with Crippen LogP contribution in [0.2, 0.25) is 0 Å². The molecule has 4 N–H and O–H groups in total. The van der Waals surface area contributed by atoms with Crippen LogP contribution in [0, 0.1) is 0 Å². The molecule has 0 aliphatic carbocycles. The largest absolute Gasteiger partial charge is 0.444 e. The van der Waals surface area contributed by atoms with Crippen molar-refractivity contribution >= 4 is 11.8 Å². The van der Waals surface area contributed by atoms with Crippen LogP contribution in [0.5, 0.6) is 0 Å². The highest BCUT2D eigenvalue weighted by atomic mass is 19.3. The van der Waals surface area contributed by atoms with Gasteiger partial charge in [0.1, 0.15) is 11.2 Å². The molecular weight excluding hydrogens is 330 g/mol. The van der Waals surface area contributed by atoms with Gasteiger partial charge in [0.2, 0.25) is 0 Å². The van der Waals surface area contributed by atoms with Gasteiger partial charge >= 0.3 is 12.0 Å². The van der Waals surface area contributed by atoms with E-state index in [1.807, 2.05) is 0 Å². The maximum atomic E-state index is 14.6. The molecule has 1 rings (SSSR count). The van der Waals surface area contributed by atoms with Gasteiger partial charge in [0.05, 0.1) is 0 Å². The summed E-state index contributed by atoms with van der Waals surface area (Å²) in [6.07, 6.45) is -0.767. The number of benzene rings is 1. The van der Waals surface area contributed by atoms with Crippen LogP contribution in [0.3, 0.4) is 0 Å². The monoisotopic (exact) mass is 358 g/mol. The predicted molar refractivity (Wildman–Crippen MR) is 93.7 cm³/mol. The number of carbonyl (C=O) groups is 1. The lowest BCUT2D eigenvalue weighted by Crippen LogP contribution is -2.40. The maximum Gasteiger partial charge on any atom is 0.412 e.